The van der Waals surface area contributed by atoms with E-state index < -0.39 is 0 Å². The van der Waals surface area contributed by atoms with Crippen LogP contribution in [0.1, 0.15) is 39.5 Å². The van der Waals surface area contributed by atoms with E-state index >= 15 is 0 Å². The van der Waals surface area contributed by atoms with E-state index in [1.807, 2.05) is 12.2 Å². The van der Waals surface area contributed by atoms with Gasteiger partial charge in [0, 0.05) is 0 Å². The average molecular weight is 182 g/mol. The third kappa shape index (κ3) is 7.79. The Morgan fingerprint density at radius 3 is 1.69 bits per heavy atom. The number of rotatable bonds is 8. The molecule has 0 N–H and O–H groups in total. The Morgan fingerprint density at radius 1 is 1.00 bits per heavy atom. The maximum Gasteiger partial charge on any atom is 0.0553 e. The molecule has 0 spiro atoms. The van der Waals surface area contributed by atoms with Gasteiger partial charge in [-0.25, -0.2) is 0 Å². The molecule has 13 heavy (non-hydrogen) atoms. The lowest BCUT2D eigenvalue weighted by molar-refractivity contribution is 0.00117. The minimum atomic E-state index is 0.345. The summed E-state index contributed by atoms with van der Waals surface area (Å²) < 4.78 is 5.76. The first-order valence-electron chi connectivity index (χ1n) is 5.08. The van der Waals surface area contributed by atoms with Gasteiger partial charge in [-0.05, 0) is 39.5 Å². The second-order valence-corrected chi connectivity index (χ2v) is 3.49. The highest BCUT2D eigenvalue weighted by molar-refractivity contribution is 4.70. The lowest BCUT2D eigenvalue weighted by atomic mass is 10.2. The highest BCUT2D eigenvalue weighted by atomic mass is 16.5. The van der Waals surface area contributed by atoms with Gasteiger partial charge in [0.25, 0.3) is 0 Å². The fourth-order valence-corrected chi connectivity index (χ4v) is 1.24. The largest absolute Gasteiger partial charge is 0.376 e. The fraction of sp³-hybridized carbons (Fsp3) is 0.667. The van der Waals surface area contributed by atoms with Gasteiger partial charge in [0.15, 0.2) is 0 Å². The minimum Gasteiger partial charge on any atom is -0.376 e. The van der Waals surface area contributed by atoms with E-state index in [0.717, 1.165) is 25.7 Å². The summed E-state index contributed by atoms with van der Waals surface area (Å²) in [5.74, 6) is 0. The number of ether oxygens (including phenoxy) is 1. The molecular formula is C12H22O. The molecule has 0 saturated heterocycles. The Kier molecular flexibility index (Phi) is 7.71. The van der Waals surface area contributed by atoms with Crippen LogP contribution in [0, 0.1) is 0 Å². The molecule has 0 aliphatic carbocycles. The van der Waals surface area contributed by atoms with E-state index in [0.29, 0.717) is 12.2 Å². The summed E-state index contributed by atoms with van der Waals surface area (Å²) in [6.07, 6.45) is 8.78. The Morgan fingerprint density at radius 2 is 1.38 bits per heavy atom. The molecule has 0 aromatic rings. The Labute approximate surface area is 82.5 Å². The lowest BCUT2D eigenvalue weighted by Gasteiger charge is -2.18. The molecule has 0 amide bonds. The van der Waals surface area contributed by atoms with Gasteiger partial charge in [-0.2, -0.15) is 0 Å². The van der Waals surface area contributed by atoms with Gasteiger partial charge in [0.05, 0.1) is 12.2 Å². The van der Waals surface area contributed by atoms with E-state index in [1.54, 1.807) is 0 Å². The molecule has 0 aromatic carbocycles. The zero-order valence-corrected chi connectivity index (χ0v) is 8.96. The van der Waals surface area contributed by atoms with Gasteiger partial charge in [0.2, 0.25) is 0 Å². The predicted molar refractivity (Wildman–Crippen MR) is 58.9 cm³/mol. The van der Waals surface area contributed by atoms with Crippen molar-refractivity contribution >= 4 is 0 Å². The molecule has 76 valence electrons. The first-order chi connectivity index (χ1) is 6.20. The summed E-state index contributed by atoms with van der Waals surface area (Å²) in [6, 6.07) is 0. The summed E-state index contributed by atoms with van der Waals surface area (Å²) in [5, 5.41) is 0. The van der Waals surface area contributed by atoms with Crippen molar-refractivity contribution in [2.24, 2.45) is 0 Å². The van der Waals surface area contributed by atoms with Crippen LogP contribution in [-0.4, -0.2) is 12.2 Å². The first kappa shape index (κ1) is 12.4. The molecular weight excluding hydrogens is 160 g/mol. The van der Waals surface area contributed by atoms with Crippen LogP contribution in [0.15, 0.2) is 25.3 Å². The Bertz CT molecular complexity index is 124. The smallest absolute Gasteiger partial charge is 0.0553 e. The van der Waals surface area contributed by atoms with E-state index in [1.165, 1.54) is 0 Å². The van der Waals surface area contributed by atoms with Crippen LogP contribution < -0.4 is 0 Å². The Balaban J connectivity index is 3.45. The second-order valence-electron chi connectivity index (χ2n) is 3.49. The quantitative estimate of drug-likeness (QED) is 0.520. The minimum absolute atomic E-state index is 0.345. The van der Waals surface area contributed by atoms with Crippen molar-refractivity contribution in [3.8, 4) is 0 Å². The van der Waals surface area contributed by atoms with Crippen molar-refractivity contribution in [3.05, 3.63) is 25.3 Å². The molecule has 2 atom stereocenters. The topological polar surface area (TPSA) is 9.23 Å². The average Bonchev–Trinajstić information content (AvgIpc) is 2.11. The summed E-state index contributed by atoms with van der Waals surface area (Å²) in [7, 11) is 0. The van der Waals surface area contributed by atoms with Gasteiger partial charge < -0.3 is 4.74 Å². The fourth-order valence-electron chi connectivity index (χ4n) is 1.24. The summed E-state index contributed by atoms with van der Waals surface area (Å²) >= 11 is 0. The molecule has 0 fully saturated rings. The number of hydrogen-bond acceptors (Lipinski definition) is 1. The van der Waals surface area contributed by atoms with E-state index in [4.69, 9.17) is 4.74 Å². The molecule has 0 heterocycles. The van der Waals surface area contributed by atoms with Crippen LogP contribution in [0.25, 0.3) is 0 Å². The lowest BCUT2D eigenvalue weighted by Crippen LogP contribution is -2.16. The van der Waals surface area contributed by atoms with Crippen LogP contribution in [-0.2, 0) is 4.74 Å². The van der Waals surface area contributed by atoms with E-state index in [2.05, 4.69) is 27.0 Å². The maximum absolute atomic E-state index is 5.76. The summed E-state index contributed by atoms with van der Waals surface area (Å²) in [5.41, 5.74) is 0. The monoisotopic (exact) mass is 182 g/mol. The first-order valence-corrected chi connectivity index (χ1v) is 5.08. The van der Waals surface area contributed by atoms with E-state index in [-0.39, 0.29) is 0 Å². The molecule has 0 aliphatic rings. The molecule has 1 heteroatoms. The highest BCUT2D eigenvalue weighted by Gasteiger charge is 2.06. The van der Waals surface area contributed by atoms with Crippen molar-refractivity contribution in [1.29, 1.82) is 0 Å². The molecule has 0 saturated carbocycles. The third-order valence-corrected chi connectivity index (χ3v) is 2.02. The zero-order valence-electron chi connectivity index (χ0n) is 8.96. The molecule has 0 aliphatic heterocycles. The van der Waals surface area contributed by atoms with Crippen LogP contribution in [0.3, 0.4) is 0 Å². The van der Waals surface area contributed by atoms with Gasteiger partial charge in [0.1, 0.15) is 0 Å². The highest BCUT2D eigenvalue weighted by Crippen LogP contribution is 2.09. The number of hydrogen-bond donors (Lipinski definition) is 0. The van der Waals surface area contributed by atoms with E-state index in [9.17, 15) is 0 Å². The van der Waals surface area contributed by atoms with Crippen LogP contribution in [0.2, 0.25) is 0 Å². The molecule has 0 bridgehead atoms. The third-order valence-electron chi connectivity index (χ3n) is 2.02. The van der Waals surface area contributed by atoms with Gasteiger partial charge >= 0.3 is 0 Å². The maximum atomic E-state index is 5.76. The normalized spacial score (nSPS) is 14.9. The van der Waals surface area contributed by atoms with Gasteiger partial charge in [-0.3, -0.25) is 0 Å². The van der Waals surface area contributed by atoms with Crippen molar-refractivity contribution < 1.29 is 4.74 Å². The van der Waals surface area contributed by atoms with Gasteiger partial charge in [-0.1, -0.05) is 12.2 Å². The summed E-state index contributed by atoms with van der Waals surface area (Å²) in [4.78, 5) is 0. The van der Waals surface area contributed by atoms with Gasteiger partial charge in [-0.15, -0.1) is 13.2 Å². The molecule has 0 radical (unpaired) electrons. The van der Waals surface area contributed by atoms with Crippen molar-refractivity contribution in [2.75, 3.05) is 0 Å². The number of allylic oxidation sites excluding steroid dienone is 2. The van der Waals surface area contributed by atoms with Crippen molar-refractivity contribution in [2.45, 2.75) is 51.7 Å². The molecule has 0 rings (SSSR count). The summed E-state index contributed by atoms with van der Waals surface area (Å²) in [6.45, 7) is 11.6. The van der Waals surface area contributed by atoms with Crippen molar-refractivity contribution in [1.82, 2.24) is 0 Å². The Hall–Kier alpha value is -0.560. The van der Waals surface area contributed by atoms with Crippen LogP contribution in [0.5, 0.6) is 0 Å². The molecule has 1 nitrogen and oxygen atoms in total. The standard InChI is InChI=1S/C12H22O/c1-5-7-9-11(3)13-12(4)10-8-6-2/h5-6,11-12H,1-2,7-10H2,3-4H3. The van der Waals surface area contributed by atoms with Crippen LogP contribution in [0.4, 0.5) is 0 Å². The van der Waals surface area contributed by atoms with Crippen molar-refractivity contribution in [3.63, 3.8) is 0 Å². The zero-order chi connectivity index (χ0) is 10.1. The predicted octanol–water partition coefficient (Wildman–Crippen LogP) is 3.71. The van der Waals surface area contributed by atoms with Crippen LogP contribution >= 0.6 is 0 Å². The second kappa shape index (κ2) is 8.06. The molecule has 0 aromatic heterocycles. The SMILES string of the molecule is C=CCCC(C)OC(C)CCC=C. The molecule has 2 unspecified atom stereocenters.